The van der Waals surface area contributed by atoms with E-state index in [4.69, 9.17) is 28.9 Å². The molecule has 0 unspecified atom stereocenters. The van der Waals surface area contributed by atoms with Gasteiger partial charge in [-0.05, 0) is 139 Å². The third-order valence-corrected chi connectivity index (χ3v) is 16.7. The highest BCUT2D eigenvalue weighted by atomic mass is 35.5. The van der Waals surface area contributed by atoms with Crippen molar-refractivity contribution in [3.8, 4) is 0 Å². The minimum absolute atomic E-state index is 0.193. The van der Waals surface area contributed by atoms with Crippen LogP contribution in [0.3, 0.4) is 0 Å². The van der Waals surface area contributed by atoms with Gasteiger partial charge >= 0.3 is 0 Å². The number of ketones is 1. The molecule has 1 aliphatic carbocycles. The molecule has 0 aliphatic heterocycles. The maximum Gasteiger partial charge on any atom is 0.296 e. The van der Waals surface area contributed by atoms with Crippen molar-refractivity contribution in [1.29, 1.82) is 0 Å². The van der Waals surface area contributed by atoms with Crippen molar-refractivity contribution in [3.63, 3.8) is 0 Å². The Morgan fingerprint density at radius 1 is 0.488 bits per heavy atom. The number of aromatic nitrogens is 6. The van der Waals surface area contributed by atoms with Gasteiger partial charge in [0, 0.05) is 22.7 Å². The molecule has 0 fully saturated rings. The largest absolute Gasteiger partial charge is 0.396 e. The minimum atomic E-state index is -5.56. The van der Waals surface area contributed by atoms with Gasteiger partial charge < -0.3 is 27.0 Å². The lowest BCUT2D eigenvalue weighted by molar-refractivity contribution is 0.106. The first kappa shape index (κ1) is 61.7. The third-order valence-electron chi connectivity index (χ3n) is 11.1. The molecular weight excluding hydrogens is 1280 g/mol. The molecule has 0 bridgehead atoms. The number of hydrogen-bond donors (Lipinski definition) is 12. The molecule has 84 heavy (non-hydrogen) atoms. The molecule has 2 heterocycles. The topological polar surface area (TPSA) is 544 Å². The van der Waals surface area contributed by atoms with Crippen LogP contribution in [0.4, 0.5) is 69.3 Å². The number of carbonyl (C=O) groups excluding carboxylic acids is 1. The number of carbonyl (C=O) groups is 1. The van der Waals surface area contributed by atoms with Gasteiger partial charge in [-0.3, -0.25) is 37.5 Å². The van der Waals surface area contributed by atoms with Crippen LogP contribution >= 0.6 is 23.2 Å². The summed E-state index contributed by atoms with van der Waals surface area (Å²) in [6, 6.07) is 13.0. The van der Waals surface area contributed by atoms with Gasteiger partial charge in [0.25, 0.3) is 60.7 Å². The van der Waals surface area contributed by atoms with Crippen molar-refractivity contribution in [2.24, 2.45) is 15.3 Å². The van der Waals surface area contributed by atoms with Crippen molar-refractivity contribution >= 4 is 171 Å². The van der Waals surface area contributed by atoms with Gasteiger partial charge in [-0.15, -0.1) is 10.2 Å². The van der Waals surface area contributed by atoms with Crippen LogP contribution in [0.25, 0.3) is 6.08 Å². The number of fused-ring (bicyclic) bond motifs is 1. The predicted molar refractivity (Wildman–Crippen MR) is 297 cm³/mol. The second kappa shape index (κ2) is 22.7. The number of nitrogens with one attached hydrogen (secondary N) is 5. The van der Waals surface area contributed by atoms with E-state index >= 15 is 0 Å². The number of nitrogens with zero attached hydrogens (tertiary/aromatic N) is 9. The molecule has 0 amide bonds. The standard InChI is InChI=1S/C42H33Cl2N15O19S6/c1-17-11-22(79(61,62)63)5-9-24(17)48-41-52-37(43)50-39(54-41)46-20-3-7-26(28(15-20)81(67,68)69)56-58-34-30(83(73,74)75)13-19-14-31(84(76,77)78)35(36(60)32(19)33(34)45)59-57-27-8-4-21(16-29(27)82(70,71)72)47-40-51-38(44)53-42(55-40)49-25-10-6-23(12-18(25)2)80(64,65)66/h3-16,57H,45H2,1-2H3,(H,61,62,63)(H,64,65,66)(H,67,68,69)(H,70,71,72)(H,73,74,75)(H,76,77,78)(H2,46,48,50,52,54)(H2,47,49,51,53,55)/b58-56?,59-35-. The van der Waals surface area contributed by atoms with Crippen LogP contribution in [0.1, 0.15) is 27.0 Å². The van der Waals surface area contributed by atoms with Gasteiger partial charge in [0.05, 0.1) is 26.7 Å². The van der Waals surface area contributed by atoms with Crippen LogP contribution in [-0.4, -0.2) is 119 Å². The van der Waals surface area contributed by atoms with Crippen LogP contribution < -0.4 is 32.4 Å². The van der Waals surface area contributed by atoms with E-state index < -0.39 is 146 Å². The molecule has 440 valence electrons. The third kappa shape index (κ3) is 14.2. The second-order valence-corrected chi connectivity index (χ2v) is 26.0. The van der Waals surface area contributed by atoms with Gasteiger partial charge in [0.1, 0.15) is 31.0 Å². The number of hydrazone groups is 1. The summed E-state index contributed by atoms with van der Waals surface area (Å²) in [6.45, 7) is 2.97. The number of allylic oxidation sites excluding steroid dienone is 1. The van der Waals surface area contributed by atoms with Crippen LogP contribution in [-0.2, 0) is 60.7 Å². The summed E-state index contributed by atoms with van der Waals surface area (Å²) in [5.41, 5.74) is 2.69. The number of anilines is 10. The summed E-state index contributed by atoms with van der Waals surface area (Å²) in [4.78, 5) is 32.6. The number of aryl methyl sites for hydroxylation is 2. The van der Waals surface area contributed by atoms with E-state index in [-0.39, 0.29) is 46.5 Å². The van der Waals surface area contributed by atoms with Crippen LogP contribution in [0.2, 0.25) is 10.6 Å². The second-order valence-electron chi connectivity index (χ2n) is 16.9. The Kier molecular flexibility index (Phi) is 16.6. The van der Waals surface area contributed by atoms with E-state index in [0.29, 0.717) is 23.3 Å². The molecule has 5 aromatic carbocycles. The molecular formula is C42H33Cl2N15O19S6. The van der Waals surface area contributed by atoms with Gasteiger partial charge in [-0.2, -0.15) is 85.5 Å². The Hall–Kier alpha value is -8.36. The van der Waals surface area contributed by atoms with Crippen molar-refractivity contribution < 1.29 is 82.6 Å². The Morgan fingerprint density at radius 3 is 1.37 bits per heavy atom. The monoisotopic (exact) mass is 1310 g/mol. The maximum atomic E-state index is 14.3. The summed E-state index contributed by atoms with van der Waals surface area (Å²) in [5.74, 6) is -2.73. The molecule has 8 rings (SSSR count). The van der Waals surface area contributed by atoms with E-state index in [9.17, 15) is 82.6 Å². The Morgan fingerprint density at radius 2 is 0.929 bits per heavy atom. The molecule has 42 heteroatoms. The molecule has 0 atom stereocenters. The molecule has 0 saturated carbocycles. The van der Waals surface area contributed by atoms with E-state index in [0.717, 1.165) is 60.7 Å². The lowest BCUT2D eigenvalue weighted by atomic mass is 9.92. The van der Waals surface area contributed by atoms with Crippen molar-refractivity contribution in [2.45, 2.75) is 38.3 Å². The van der Waals surface area contributed by atoms with Gasteiger partial charge in [0.15, 0.2) is 5.71 Å². The average molecular weight is 1320 g/mol. The maximum absolute atomic E-state index is 14.3. The zero-order valence-electron chi connectivity index (χ0n) is 41.4. The van der Waals surface area contributed by atoms with Crippen LogP contribution in [0.5, 0.6) is 0 Å². The number of nitrogens with two attached hydrogens (primary N) is 1. The Bertz CT molecular complexity index is 4810. The number of azo groups is 1. The molecule has 0 saturated heterocycles. The number of rotatable bonds is 18. The lowest BCUT2D eigenvalue weighted by Crippen LogP contribution is -2.28. The van der Waals surface area contributed by atoms with E-state index in [2.05, 4.69) is 71.9 Å². The zero-order valence-corrected chi connectivity index (χ0v) is 47.8. The minimum Gasteiger partial charge on any atom is -0.396 e. The summed E-state index contributed by atoms with van der Waals surface area (Å²) in [7, 11) is -30.8. The Labute approximate surface area is 483 Å². The molecule has 1 aliphatic rings. The number of hydrogen-bond acceptors (Lipinski definition) is 28. The average Bonchev–Trinajstić information content (AvgIpc) is 0.932. The van der Waals surface area contributed by atoms with Gasteiger partial charge in [0.2, 0.25) is 40.1 Å². The van der Waals surface area contributed by atoms with Crippen LogP contribution in [0.15, 0.2) is 124 Å². The first-order chi connectivity index (χ1) is 38.8. The fourth-order valence-corrected chi connectivity index (χ4v) is 11.5. The number of halogens is 2. The molecule has 0 spiro atoms. The normalized spacial score (nSPS) is 13.8. The number of benzene rings is 5. The molecule has 34 nitrogen and oxygen atoms in total. The SMILES string of the molecule is Cc1cc(S(=O)(=O)O)ccc1Nc1nc(Cl)nc(Nc2ccc(N=Nc3c(S(=O)(=O)O)cc4c(c3N)C(=O)/C(=N\Nc3ccc(Nc5nc(Cl)nc(Nc6ccc(S(=O)(=O)O)cc6C)n5)cc3S(=O)(=O)O)C(S(=O)(=O)O)=C4)c(S(=O)(=O)O)c2)n1. The zero-order chi connectivity index (χ0) is 61.8. The summed E-state index contributed by atoms with van der Waals surface area (Å²) in [5, 5.41) is 21.0. The first-order valence-electron chi connectivity index (χ1n) is 22.1. The quantitative estimate of drug-likeness (QED) is 0.0200. The fourth-order valence-electron chi connectivity index (χ4n) is 7.40. The summed E-state index contributed by atoms with van der Waals surface area (Å²) < 4.78 is 208. The van der Waals surface area contributed by atoms with E-state index in [1.54, 1.807) is 0 Å². The number of nitrogen functional groups attached to an aromatic ring is 1. The number of Topliss-reactive ketones (excluding diaryl/α,β-unsaturated/α-hetero) is 1. The first-order valence-corrected chi connectivity index (χ1v) is 31.5. The molecule has 0 radical (unpaired) electrons. The summed E-state index contributed by atoms with van der Waals surface area (Å²) >= 11 is 12.2. The lowest BCUT2D eigenvalue weighted by Gasteiger charge is -2.20. The van der Waals surface area contributed by atoms with Gasteiger partial charge in [-0.25, -0.2) is 0 Å². The van der Waals surface area contributed by atoms with Crippen molar-refractivity contribution in [2.75, 3.05) is 32.4 Å². The predicted octanol–water partition coefficient (Wildman–Crippen LogP) is 6.08. The fraction of sp³-hybridized carbons (Fsp3) is 0.0476. The highest BCUT2D eigenvalue weighted by molar-refractivity contribution is 7.91. The van der Waals surface area contributed by atoms with Crippen LogP contribution in [0, 0.1) is 13.8 Å². The van der Waals surface area contributed by atoms with Gasteiger partial charge in [-0.1, -0.05) is 0 Å². The molecule has 13 N–H and O–H groups in total. The van der Waals surface area contributed by atoms with E-state index in [1.165, 1.54) is 26.0 Å². The molecule has 7 aromatic rings. The Balaban J connectivity index is 1.10. The highest BCUT2D eigenvalue weighted by Gasteiger charge is 2.37. The smallest absolute Gasteiger partial charge is 0.296 e. The highest BCUT2D eigenvalue weighted by Crippen LogP contribution is 2.42. The van der Waals surface area contributed by atoms with Crippen molar-refractivity contribution in [3.05, 3.63) is 117 Å². The molecule has 2 aromatic heterocycles. The van der Waals surface area contributed by atoms with Crippen molar-refractivity contribution in [1.82, 2.24) is 29.9 Å². The van der Waals surface area contributed by atoms with E-state index in [1.807, 2.05) is 0 Å². The summed E-state index contributed by atoms with van der Waals surface area (Å²) in [6.07, 6.45) is 0.472.